The summed E-state index contributed by atoms with van der Waals surface area (Å²) in [4.78, 5) is 14.5. The van der Waals surface area contributed by atoms with E-state index in [-0.39, 0.29) is 5.75 Å². The molecule has 0 spiro atoms. The third kappa shape index (κ3) is 1.91. The molecular formula is C12H12BrNO2. The second-order valence-corrected chi connectivity index (χ2v) is 4.96. The molecule has 0 saturated heterocycles. The minimum atomic E-state index is -0.487. The van der Waals surface area contributed by atoms with Gasteiger partial charge >= 0.3 is 0 Å². The Labute approximate surface area is 102 Å². The fourth-order valence-corrected chi connectivity index (χ4v) is 2.97. The molecule has 0 radical (unpaired) electrons. The highest BCUT2D eigenvalue weighted by atomic mass is 79.9. The molecule has 0 bridgehead atoms. The van der Waals surface area contributed by atoms with E-state index in [0.29, 0.717) is 0 Å². The number of nitrogens with zero attached hydrogens (tertiary/aromatic N) is 1. The maximum atomic E-state index is 10.6. The highest BCUT2D eigenvalue weighted by Gasteiger charge is 2.37. The molecule has 1 N–H and O–H groups in total. The topological polar surface area (TPSA) is 49.7 Å². The number of carbonyl (C=O) groups excluding carboxylic acids is 1. The van der Waals surface area contributed by atoms with Crippen LogP contribution in [0.1, 0.15) is 31.2 Å². The van der Waals surface area contributed by atoms with Gasteiger partial charge in [0.1, 0.15) is 5.75 Å². The van der Waals surface area contributed by atoms with Crippen molar-refractivity contribution in [2.24, 2.45) is 4.99 Å². The molecule has 16 heavy (non-hydrogen) atoms. The summed E-state index contributed by atoms with van der Waals surface area (Å²) in [5, 5.41) is 9.52. The summed E-state index contributed by atoms with van der Waals surface area (Å²) in [6.07, 6.45) is 5.44. The summed E-state index contributed by atoms with van der Waals surface area (Å²) in [7, 11) is 0. The zero-order chi connectivity index (χ0) is 11.6. The standard InChI is InChI=1S/C12H12BrNO2/c13-11-4-3-9(16)7-10(11)12(14-8-15)5-1-2-6-12/h3-4,7,16H,1-2,5-6H2. The van der Waals surface area contributed by atoms with Crippen molar-refractivity contribution in [3.63, 3.8) is 0 Å². The van der Waals surface area contributed by atoms with Crippen LogP contribution in [0.15, 0.2) is 27.7 Å². The predicted molar refractivity (Wildman–Crippen MR) is 64.1 cm³/mol. The maximum absolute atomic E-state index is 10.6. The summed E-state index contributed by atoms with van der Waals surface area (Å²) in [6, 6.07) is 5.07. The Bertz CT molecular complexity index is 446. The zero-order valence-electron chi connectivity index (χ0n) is 8.74. The molecule has 1 aliphatic rings. The van der Waals surface area contributed by atoms with Crippen LogP contribution in [0.4, 0.5) is 0 Å². The van der Waals surface area contributed by atoms with Gasteiger partial charge in [-0.15, -0.1) is 0 Å². The number of phenolic OH excluding ortho intramolecular Hbond substituents is 1. The van der Waals surface area contributed by atoms with Gasteiger partial charge in [0.25, 0.3) is 0 Å². The van der Waals surface area contributed by atoms with E-state index in [2.05, 4.69) is 20.9 Å². The summed E-state index contributed by atoms with van der Waals surface area (Å²) in [6.45, 7) is 0. The van der Waals surface area contributed by atoms with E-state index < -0.39 is 5.54 Å². The van der Waals surface area contributed by atoms with Gasteiger partial charge in [-0.05, 0) is 36.6 Å². The van der Waals surface area contributed by atoms with Crippen LogP contribution in [0, 0.1) is 0 Å². The molecule has 1 aromatic rings. The van der Waals surface area contributed by atoms with Gasteiger partial charge in [-0.3, -0.25) is 0 Å². The van der Waals surface area contributed by atoms with Crippen LogP contribution in [0.2, 0.25) is 0 Å². The summed E-state index contributed by atoms with van der Waals surface area (Å²) < 4.78 is 0.881. The molecule has 0 atom stereocenters. The van der Waals surface area contributed by atoms with Crippen molar-refractivity contribution in [1.29, 1.82) is 0 Å². The van der Waals surface area contributed by atoms with Crippen LogP contribution < -0.4 is 0 Å². The third-order valence-electron chi connectivity index (χ3n) is 3.14. The summed E-state index contributed by atoms with van der Waals surface area (Å²) in [5.74, 6) is 0.200. The number of halogens is 1. The first-order valence-corrected chi connectivity index (χ1v) is 6.05. The average Bonchev–Trinajstić information content (AvgIpc) is 2.72. The van der Waals surface area contributed by atoms with Gasteiger partial charge in [-0.25, -0.2) is 4.79 Å². The predicted octanol–water partition coefficient (Wildman–Crippen LogP) is 3.26. The van der Waals surface area contributed by atoms with E-state index in [0.717, 1.165) is 35.7 Å². The van der Waals surface area contributed by atoms with Gasteiger partial charge in [0, 0.05) is 4.47 Å². The molecule has 0 heterocycles. The minimum Gasteiger partial charge on any atom is -0.508 e. The van der Waals surface area contributed by atoms with Gasteiger partial charge < -0.3 is 5.11 Å². The van der Waals surface area contributed by atoms with Gasteiger partial charge in [0.05, 0.1) is 5.54 Å². The highest BCUT2D eigenvalue weighted by Crippen LogP contribution is 2.45. The lowest BCUT2D eigenvalue weighted by Gasteiger charge is -2.24. The quantitative estimate of drug-likeness (QED) is 0.668. The van der Waals surface area contributed by atoms with Gasteiger partial charge in [-0.2, -0.15) is 4.99 Å². The van der Waals surface area contributed by atoms with E-state index >= 15 is 0 Å². The van der Waals surface area contributed by atoms with Crippen molar-refractivity contribution in [2.45, 2.75) is 31.2 Å². The number of rotatable bonds is 2. The molecule has 1 aromatic carbocycles. The van der Waals surface area contributed by atoms with Crippen LogP contribution in [0.3, 0.4) is 0 Å². The zero-order valence-corrected chi connectivity index (χ0v) is 10.3. The fraction of sp³-hybridized carbons (Fsp3) is 0.417. The average molecular weight is 282 g/mol. The highest BCUT2D eigenvalue weighted by molar-refractivity contribution is 9.10. The van der Waals surface area contributed by atoms with E-state index in [4.69, 9.17) is 0 Å². The number of aliphatic imine (C=N–C) groups is 1. The van der Waals surface area contributed by atoms with Crippen molar-refractivity contribution >= 4 is 22.0 Å². The molecule has 1 saturated carbocycles. The first kappa shape index (κ1) is 11.4. The van der Waals surface area contributed by atoms with Crippen LogP contribution in [-0.2, 0) is 10.3 Å². The molecule has 4 heteroatoms. The Morgan fingerprint density at radius 3 is 2.69 bits per heavy atom. The first-order valence-electron chi connectivity index (χ1n) is 5.26. The molecule has 2 rings (SSSR count). The molecule has 0 amide bonds. The van der Waals surface area contributed by atoms with Gasteiger partial charge in [-0.1, -0.05) is 28.8 Å². The number of aromatic hydroxyl groups is 1. The SMILES string of the molecule is O=C=NC1(c2cc(O)ccc2Br)CCCC1. The van der Waals surface area contributed by atoms with Gasteiger partial charge in [0.2, 0.25) is 6.08 Å². The van der Waals surface area contributed by atoms with Gasteiger partial charge in [0.15, 0.2) is 0 Å². The Hall–Kier alpha value is -1.12. The van der Waals surface area contributed by atoms with Crippen molar-refractivity contribution in [1.82, 2.24) is 0 Å². The fourth-order valence-electron chi connectivity index (χ4n) is 2.36. The largest absolute Gasteiger partial charge is 0.508 e. The first-order chi connectivity index (χ1) is 7.68. The van der Waals surface area contributed by atoms with Crippen LogP contribution >= 0.6 is 15.9 Å². The summed E-state index contributed by atoms with van der Waals surface area (Å²) >= 11 is 3.44. The monoisotopic (exact) mass is 281 g/mol. The lowest BCUT2D eigenvalue weighted by Crippen LogP contribution is -2.19. The van der Waals surface area contributed by atoms with E-state index in [1.54, 1.807) is 24.3 Å². The second kappa shape index (κ2) is 4.40. The lowest BCUT2D eigenvalue weighted by atomic mass is 9.89. The molecular weight excluding hydrogens is 270 g/mol. The van der Waals surface area contributed by atoms with Crippen LogP contribution in [-0.4, -0.2) is 11.2 Å². The minimum absolute atomic E-state index is 0.200. The number of hydrogen-bond acceptors (Lipinski definition) is 3. The van der Waals surface area contributed by atoms with Crippen LogP contribution in [0.5, 0.6) is 5.75 Å². The number of hydrogen-bond donors (Lipinski definition) is 1. The second-order valence-electron chi connectivity index (χ2n) is 4.11. The Kier molecular flexibility index (Phi) is 3.13. The Balaban J connectivity index is 2.54. The van der Waals surface area contributed by atoms with Crippen molar-refractivity contribution < 1.29 is 9.90 Å². The third-order valence-corrected chi connectivity index (χ3v) is 3.83. The smallest absolute Gasteiger partial charge is 0.235 e. The van der Waals surface area contributed by atoms with E-state index in [1.807, 2.05) is 0 Å². The van der Waals surface area contributed by atoms with E-state index in [1.165, 1.54) is 0 Å². The van der Waals surface area contributed by atoms with E-state index in [9.17, 15) is 9.90 Å². The number of phenols is 1. The number of benzene rings is 1. The van der Waals surface area contributed by atoms with Crippen molar-refractivity contribution in [3.8, 4) is 5.75 Å². The molecule has 0 unspecified atom stereocenters. The maximum Gasteiger partial charge on any atom is 0.235 e. The molecule has 0 aromatic heterocycles. The molecule has 1 aliphatic carbocycles. The Morgan fingerprint density at radius 1 is 1.38 bits per heavy atom. The molecule has 1 fully saturated rings. The van der Waals surface area contributed by atoms with Crippen LogP contribution in [0.25, 0.3) is 0 Å². The Morgan fingerprint density at radius 2 is 2.06 bits per heavy atom. The lowest BCUT2D eigenvalue weighted by molar-refractivity contribution is 0.442. The molecule has 0 aliphatic heterocycles. The summed E-state index contributed by atoms with van der Waals surface area (Å²) in [5.41, 5.74) is 0.396. The normalized spacial score (nSPS) is 18.1. The molecule has 84 valence electrons. The van der Waals surface area contributed by atoms with Crippen molar-refractivity contribution in [2.75, 3.05) is 0 Å². The van der Waals surface area contributed by atoms with Crippen molar-refractivity contribution in [3.05, 3.63) is 28.2 Å². The molecule has 3 nitrogen and oxygen atoms in total. The number of isocyanates is 1.